The maximum Gasteiger partial charge on any atom is 0.407 e. The number of nitrogens with zero attached hydrogens (tertiary/aromatic N) is 1. The van der Waals surface area contributed by atoms with E-state index in [2.05, 4.69) is 15.6 Å². The van der Waals surface area contributed by atoms with E-state index >= 15 is 0 Å². The number of carbonyl (C=O) groups excluding carboxylic acids is 2. The molecule has 1 aliphatic rings. The van der Waals surface area contributed by atoms with Crippen LogP contribution < -0.4 is 10.6 Å². The summed E-state index contributed by atoms with van der Waals surface area (Å²) in [7, 11) is 0. The molecule has 0 aliphatic heterocycles. The van der Waals surface area contributed by atoms with E-state index in [1.165, 1.54) is 11.3 Å². The van der Waals surface area contributed by atoms with Crippen LogP contribution >= 0.6 is 11.3 Å². The molecule has 0 spiro atoms. The largest absolute Gasteiger partial charge is 0.447 e. The molecule has 2 amide bonds. The number of hydrogen-bond donors (Lipinski definition) is 2. The van der Waals surface area contributed by atoms with Crippen molar-refractivity contribution in [2.45, 2.75) is 71.2 Å². The van der Waals surface area contributed by atoms with Crippen molar-refractivity contribution in [1.82, 2.24) is 15.6 Å². The van der Waals surface area contributed by atoms with E-state index in [-0.39, 0.29) is 18.2 Å². The molecule has 0 bridgehead atoms. The van der Waals surface area contributed by atoms with Crippen molar-refractivity contribution in [3.63, 3.8) is 0 Å². The van der Waals surface area contributed by atoms with Crippen LogP contribution in [0.3, 0.4) is 0 Å². The van der Waals surface area contributed by atoms with Crippen molar-refractivity contribution in [3.05, 3.63) is 16.1 Å². The molecule has 2 rings (SSSR count). The molecule has 0 saturated heterocycles. The van der Waals surface area contributed by atoms with E-state index in [0.717, 1.165) is 23.5 Å². The maximum absolute atomic E-state index is 11.8. The molecule has 1 aliphatic carbocycles. The van der Waals surface area contributed by atoms with Gasteiger partial charge in [0.1, 0.15) is 5.60 Å². The van der Waals surface area contributed by atoms with Crippen LogP contribution in [0.15, 0.2) is 5.38 Å². The number of rotatable bonds is 7. The first-order chi connectivity index (χ1) is 11.2. The highest BCUT2D eigenvalue weighted by molar-refractivity contribution is 7.09. The van der Waals surface area contributed by atoms with E-state index in [1.807, 2.05) is 19.2 Å². The van der Waals surface area contributed by atoms with Crippen LogP contribution in [0, 0.1) is 0 Å². The van der Waals surface area contributed by atoms with Crippen molar-refractivity contribution < 1.29 is 19.1 Å². The lowest BCUT2D eigenvalue weighted by Crippen LogP contribution is -2.37. The molecule has 0 radical (unpaired) electrons. The Morgan fingerprint density at radius 1 is 1.38 bits per heavy atom. The van der Waals surface area contributed by atoms with Gasteiger partial charge in [-0.2, -0.15) is 0 Å². The topological polar surface area (TPSA) is 89.5 Å². The molecular weight excluding hydrogens is 330 g/mol. The van der Waals surface area contributed by atoms with Crippen molar-refractivity contribution >= 4 is 23.5 Å². The van der Waals surface area contributed by atoms with Gasteiger partial charge in [-0.3, -0.25) is 0 Å². The predicted molar refractivity (Wildman–Crippen MR) is 91.0 cm³/mol. The van der Waals surface area contributed by atoms with Gasteiger partial charge in [-0.25, -0.2) is 14.6 Å². The van der Waals surface area contributed by atoms with Crippen LogP contribution in [0.5, 0.6) is 0 Å². The van der Waals surface area contributed by atoms with E-state index in [4.69, 9.17) is 9.47 Å². The molecule has 1 aromatic rings. The smallest absolute Gasteiger partial charge is 0.407 e. The molecule has 1 aromatic heterocycles. The van der Waals surface area contributed by atoms with Crippen LogP contribution in [0.1, 0.15) is 51.2 Å². The van der Waals surface area contributed by atoms with Gasteiger partial charge in [0.15, 0.2) is 0 Å². The molecule has 7 nitrogen and oxygen atoms in total. The van der Waals surface area contributed by atoms with Gasteiger partial charge in [0.05, 0.1) is 23.4 Å². The highest BCUT2D eigenvalue weighted by Crippen LogP contribution is 2.22. The first kappa shape index (κ1) is 18.5. The summed E-state index contributed by atoms with van der Waals surface area (Å²) in [6.45, 7) is 7.62. The van der Waals surface area contributed by atoms with E-state index < -0.39 is 11.7 Å². The molecule has 134 valence electrons. The van der Waals surface area contributed by atoms with Crippen LogP contribution in [0.4, 0.5) is 9.59 Å². The van der Waals surface area contributed by atoms with Crippen LogP contribution in [0.25, 0.3) is 0 Å². The standard InChI is InChI=1S/C16H25N3O4S/c1-10(2)22-14(20)17-8-12-9-24-13(18-12)7-16(3,4)23-15(21)19-11-5-6-11/h9-11H,5-8H2,1-4H3,(H,17,20)(H,19,21). The Labute approximate surface area is 146 Å². The second-order valence-electron chi connectivity index (χ2n) is 6.78. The van der Waals surface area contributed by atoms with Gasteiger partial charge in [-0.05, 0) is 40.5 Å². The van der Waals surface area contributed by atoms with E-state index in [0.29, 0.717) is 13.0 Å². The molecule has 0 aromatic carbocycles. The summed E-state index contributed by atoms with van der Waals surface area (Å²) in [4.78, 5) is 27.7. The van der Waals surface area contributed by atoms with Gasteiger partial charge < -0.3 is 20.1 Å². The Hall–Kier alpha value is -1.83. The Kier molecular flexibility index (Phi) is 6.04. The first-order valence-corrected chi connectivity index (χ1v) is 8.99. The summed E-state index contributed by atoms with van der Waals surface area (Å²) in [5, 5.41) is 8.20. The summed E-state index contributed by atoms with van der Waals surface area (Å²) in [6.07, 6.45) is 1.58. The fourth-order valence-corrected chi connectivity index (χ4v) is 3.01. The average molecular weight is 355 g/mol. The molecule has 1 heterocycles. The number of carbonyl (C=O) groups is 2. The maximum atomic E-state index is 11.8. The third-order valence-corrected chi connectivity index (χ3v) is 4.10. The molecule has 8 heteroatoms. The summed E-state index contributed by atoms with van der Waals surface area (Å²) in [5.41, 5.74) is 0.118. The Morgan fingerprint density at radius 3 is 2.71 bits per heavy atom. The molecule has 2 N–H and O–H groups in total. The summed E-state index contributed by atoms with van der Waals surface area (Å²) in [5.74, 6) is 0. The van der Waals surface area contributed by atoms with Gasteiger partial charge in [0, 0.05) is 17.8 Å². The molecule has 1 saturated carbocycles. The lowest BCUT2D eigenvalue weighted by atomic mass is 10.1. The number of amides is 2. The number of aromatic nitrogens is 1. The summed E-state index contributed by atoms with van der Waals surface area (Å²) in [6, 6.07) is 0.274. The predicted octanol–water partition coefficient (Wildman–Crippen LogP) is 2.99. The zero-order valence-corrected chi connectivity index (χ0v) is 15.4. The minimum Gasteiger partial charge on any atom is -0.447 e. The van der Waals surface area contributed by atoms with Gasteiger partial charge in [-0.1, -0.05) is 0 Å². The number of thiazole rings is 1. The van der Waals surface area contributed by atoms with Gasteiger partial charge in [0.25, 0.3) is 0 Å². The van der Waals surface area contributed by atoms with Crippen molar-refractivity contribution in [1.29, 1.82) is 0 Å². The zero-order chi connectivity index (χ0) is 17.7. The Morgan fingerprint density at radius 2 is 2.08 bits per heavy atom. The van der Waals surface area contributed by atoms with Crippen LogP contribution in [0.2, 0.25) is 0 Å². The minimum atomic E-state index is -0.641. The first-order valence-electron chi connectivity index (χ1n) is 8.11. The molecule has 0 atom stereocenters. The lowest BCUT2D eigenvalue weighted by molar-refractivity contribution is 0.0389. The Balaban J connectivity index is 1.78. The summed E-state index contributed by atoms with van der Waals surface area (Å²) < 4.78 is 10.5. The van der Waals surface area contributed by atoms with Gasteiger partial charge in [0.2, 0.25) is 0 Å². The minimum absolute atomic E-state index is 0.157. The van der Waals surface area contributed by atoms with E-state index in [9.17, 15) is 9.59 Å². The fraction of sp³-hybridized carbons (Fsp3) is 0.688. The second kappa shape index (κ2) is 7.83. The quantitative estimate of drug-likeness (QED) is 0.785. The van der Waals surface area contributed by atoms with Crippen molar-refractivity contribution in [3.8, 4) is 0 Å². The highest BCUT2D eigenvalue weighted by Gasteiger charge is 2.29. The Bertz CT molecular complexity index is 582. The lowest BCUT2D eigenvalue weighted by Gasteiger charge is -2.24. The molecular formula is C16H25N3O4S. The number of hydrogen-bond acceptors (Lipinski definition) is 6. The van der Waals surface area contributed by atoms with Crippen LogP contribution in [-0.2, 0) is 22.4 Å². The third-order valence-electron chi connectivity index (χ3n) is 3.20. The fourth-order valence-electron chi connectivity index (χ4n) is 2.00. The SMILES string of the molecule is CC(C)OC(=O)NCc1csc(CC(C)(C)OC(=O)NC2CC2)n1. The number of ether oxygens (including phenoxy) is 2. The molecule has 0 unspecified atom stereocenters. The summed E-state index contributed by atoms with van der Waals surface area (Å²) >= 11 is 1.48. The average Bonchev–Trinajstić information content (AvgIpc) is 3.12. The van der Waals surface area contributed by atoms with E-state index in [1.54, 1.807) is 13.8 Å². The zero-order valence-electron chi connectivity index (χ0n) is 14.5. The second-order valence-corrected chi connectivity index (χ2v) is 7.73. The number of alkyl carbamates (subject to hydrolysis) is 2. The highest BCUT2D eigenvalue weighted by atomic mass is 32.1. The van der Waals surface area contributed by atoms with Gasteiger partial charge >= 0.3 is 12.2 Å². The van der Waals surface area contributed by atoms with Gasteiger partial charge in [-0.15, -0.1) is 11.3 Å². The van der Waals surface area contributed by atoms with Crippen LogP contribution in [-0.4, -0.2) is 34.9 Å². The monoisotopic (exact) mass is 355 g/mol. The normalized spacial score (nSPS) is 14.4. The molecule has 24 heavy (non-hydrogen) atoms. The number of nitrogens with one attached hydrogen (secondary N) is 2. The molecule has 1 fully saturated rings. The third kappa shape index (κ3) is 6.74. The van der Waals surface area contributed by atoms with Crippen molar-refractivity contribution in [2.24, 2.45) is 0 Å². The van der Waals surface area contributed by atoms with Crippen molar-refractivity contribution in [2.75, 3.05) is 0 Å².